The molecule has 1 amide bonds. The lowest BCUT2D eigenvalue weighted by molar-refractivity contribution is -0.152. The van der Waals surface area contributed by atoms with Crippen molar-refractivity contribution in [2.24, 2.45) is 0 Å². The topological polar surface area (TPSA) is 57.6 Å². The van der Waals surface area contributed by atoms with Gasteiger partial charge in [-0.25, -0.2) is 9.18 Å². The second-order valence-electron chi connectivity index (χ2n) is 5.60. The van der Waals surface area contributed by atoms with Crippen LogP contribution in [0, 0.1) is 5.82 Å². The Kier molecular flexibility index (Phi) is 4.94. The van der Waals surface area contributed by atoms with Crippen LogP contribution in [0.2, 0.25) is 0 Å². The Morgan fingerprint density at radius 3 is 2.86 bits per heavy atom. The summed E-state index contributed by atoms with van der Waals surface area (Å²) < 4.78 is 13.2. The molecule has 1 unspecified atom stereocenters. The molecule has 0 spiro atoms. The van der Waals surface area contributed by atoms with Crippen LogP contribution < -0.4 is 0 Å². The Hall–Kier alpha value is -1.91. The van der Waals surface area contributed by atoms with Crippen molar-refractivity contribution in [3.63, 3.8) is 0 Å². The van der Waals surface area contributed by atoms with E-state index in [9.17, 15) is 19.1 Å². The van der Waals surface area contributed by atoms with Crippen LogP contribution in [-0.2, 0) is 9.59 Å². The summed E-state index contributed by atoms with van der Waals surface area (Å²) in [6.07, 6.45) is 2.38. The van der Waals surface area contributed by atoms with Gasteiger partial charge in [0.25, 0.3) is 0 Å². The van der Waals surface area contributed by atoms with Gasteiger partial charge in [-0.2, -0.15) is 0 Å². The van der Waals surface area contributed by atoms with Gasteiger partial charge < -0.3 is 10.0 Å². The number of halogens is 1. The van der Waals surface area contributed by atoms with E-state index in [4.69, 9.17) is 0 Å². The Balaban J connectivity index is 2.04. The zero-order chi connectivity index (χ0) is 15.4. The van der Waals surface area contributed by atoms with Crippen LogP contribution in [-0.4, -0.2) is 34.5 Å². The molecule has 21 heavy (non-hydrogen) atoms. The van der Waals surface area contributed by atoms with E-state index in [1.807, 2.05) is 6.92 Å². The Morgan fingerprint density at radius 1 is 1.43 bits per heavy atom. The molecular weight excluding hydrogens is 273 g/mol. The van der Waals surface area contributed by atoms with E-state index < -0.39 is 12.0 Å². The molecule has 1 fully saturated rings. The van der Waals surface area contributed by atoms with Gasteiger partial charge in [0.15, 0.2) is 0 Å². The third-order valence-corrected chi connectivity index (χ3v) is 4.01. The van der Waals surface area contributed by atoms with E-state index in [1.54, 1.807) is 12.1 Å². The number of aliphatic carboxylic acids is 1. The molecule has 1 aliphatic rings. The van der Waals surface area contributed by atoms with Crippen molar-refractivity contribution in [2.45, 2.75) is 44.6 Å². The van der Waals surface area contributed by atoms with Gasteiger partial charge in [0.05, 0.1) is 0 Å². The molecule has 0 radical (unpaired) electrons. The maximum absolute atomic E-state index is 13.2. The molecule has 2 rings (SSSR count). The lowest BCUT2D eigenvalue weighted by Crippen LogP contribution is -2.48. The van der Waals surface area contributed by atoms with Gasteiger partial charge in [0.2, 0.25) is 5.91 Å². The van der Waals surface area contributed by atoms with Gasteiger partial charge in [-0.3, -0.25) is 4.79 Å². The molecule has 1 aromatic carbocycles. The zero-order valence-corrected chi connectivity index (χ0v) is 12.1. The molecule has 0 bridgehead atoms. The molecule has 5 heteroatoms. The second-order valence-corrected chi connectivity index (χ2v) is 5.60. The summed E-state index contributed by atoms with van der Waals surface area (Å²) in [5, 5.41) is 9.20. The highest BCUT2D eigenvalue weighted by Crippen LogP contribution is 2.24. The van der Waals surface area contributed by atoms with Crippen LogP contribution in [0.3, 0.4) is 0 Å². The number of carbonyl (C=O) groups excluding carboxylic acids is 1. The monoisotopic (exact) mass is 293 g/mol. The number of hydrogen-bond donors (Lipinski definition) is 1. The molecule has 0 aromatic heterocycles. The van der Waals surface area contributed by atoms with Crippen LogP contribution in [0.1, 0.15) is 44.1 Å². The average Bonchev–Trinajstić information content (AvgIpc) is 2.47. The second kappa shape index (κ2) is 6.70. The summed E-state index contributed by atoms with van der Waals surface area (Å²) in [5.41, 5.74) is 0.757. The first-order chi connectivity index (χ1) is 9.99. The highest BCUT2D eigenvalue weighted by Gasteiger charge is 2.32. The standard InChI is InChI=1S/C16H20FNO3/c1-11(12-5-4-6-13(17)10-12)9-15(19)18-8-3-2-7-14(18)16(20)21/h4-6,10-11,14H,2-3,7-9H2,1H3,(H,20,21)/t11?,14-/m1/s1. The summed E-state index contributed by atoms with van der Waals surface area (Å²) in [6, 6.07) is 5.47. The Bertz CT molecular complexity index is 532. The van der Waals surface area contributed by atoms with Crippen LogP contribution >= 0.6 is 0 Å². The number of carboxylic acid groups (broad SMARTS) is 1. The lowest BCUT2D eigenvalue weighted by Gasteiger charge is -2.33. The fourth-order valence-electron chi connectivity index (χ4n) is 2.80. The summed E-state index contributed by atoms with van der Waals surface area (Å²) in [4.78, 5) is 25.0. The smallest absolute Gasteiger partial charge is 0.326 e. The predicted octanol–water partition coefficient (Wildman–Crippen LogP) is 2.79. The van der Waals surface area contributed by atoms with Crippen LogP contribution in [0.5, 0.6) is 0 Å². The third kappa shape index (κ3) is 3.80. The van der Waals surface area contributed by atoms with Crippen molar-refractivity contribution in [3.8, 4) is 0 Å². The van der Waals surface area contributed by atoms with Gasteiger partial charge in [-0.15, -0.1) is 0 Å². The molecule has 114 valence electrons. The quantitative estimate of drug-likeness (QED) is 0.928. The van der Waals surface area contributed by atoms with E-state index in [0.29, 0.717) is 13.0 Å². The number of piperidine rings is 1. The van der Waals surface area contributed by atoms with Gasteiger partial charge >= 0.3 is 5.97 Å². The normalized spacial score (nSPS) is 20.1. The minimum atomic E-state index is -0.943. The molecule has 1 aliphatic heterocycles. The van der Waals surface area contributed by atoms with Crippen molar-refractivity contribution in [1.82, 2.24) is 4.90 Å². The number of likely N-dealkylation sites (tertiary alicyclic amines) is 1. The third-order valence-electron chi connectivity index (χ3n) is 4.01. The van der Waals surface area contributed by atoms with Crippen LogP contribution in [0.15, 0.2) is 24.3 Å². The van der Waals surface area contributed by atoms with Crippen molar-refractivity contribution < 1.29 is 19.1 Å². The van der Waals surface area contributed by atoms with Crippen molar-refractivity contribution in [3.05, 3.63) is 35.6 Å². The summed E-state index contributed by atoms with van der Waals surface area (Å²) in [6.45, 7) is 2.35. The highest BCUT2D eigenvalue weighted by molar-refractivity contribution is 5.84. The number of benzene rings is 1. The van der Waals surface area contributed by atoms with Gasteiger partial charge in [-0.1, -0.05) is 19.1 Å². The summed E-state index contributed by atoms with van der Waals surface area (Å²) in [7, 11) is 0. The molecule has 1 saturated heterocycles. The van der Waals surface area contributed by atoms with E-state index in [-0.39, 0.29) is 24.1 Å². The Labute approximate surface area is 123 Å². The van der Waals surface area contributed by atoms with Gasteiger partial charge in [0.1, 0.15) is 11.9 Å². The molecule has 1 N–H and O–H groups in total. The molecule has 1 heterocycles. The lowest BCUT2D eigenvalue weighted by atomic mass is 9.95. The van der Waals surface area contributed by atoms with E-state index in [2.05, 4.69) is 0 Å². The Morgan fingerprint density at radius 2 is 2.19 bits per heavy atom. The zero-order valence-electron chi connectivity index (χ0n) is 12.1. The SMILES string of the molecule is CC(CC(=O)N1CCCC[C@@H]1C(=O)O)c1cccc(F)c1. The molecule has 2 atom stereocenters. The largest absolute Gasteiger partial charge is 0.480 e. The number of carbonyl (C=O) groups is 2. The summed E-state index contributed by atoms with van der Waals surface area (Å²) >= 11 is 0. The van der Waals surface area contributed by atoms with Crippen LogP contribution in [0.4, 0.5) is 4.39 Å². The molecule has 0 saturated carbocycles. The van der Waals surface area contributed by atoms with E-state index >= 15 is 0 Å². The fourth-order valence-corrected chi connectivity index (χ4v) is 2.80. The van der Waals surface area contributed by atoms with Gasteiger partial charge in [0, 0.05) is 13.0 Å². The molecular formula is C16H20FNO3. The van der Waals surface area contributed by atoms with Crippen LogP contribution in [0.25, 0.3) is 0 Å². The first-order valence-corrected chi connectivity index (χ1v) is 7.26. The molecule has 4 nitrogen and oxygen atoms in total. The number of nitrogens with zero attached hydrogens (tertiary/aromatic N) is 1. The molecule has 1 aromatic rings. The number of amides is 1. The number of carboxylic acids is 1. The van der Waals surface area contributed by atoms with Gasteiger partial charge in [-0.05, 0) is 42.9 Å². The summed E-state index contributed by atoms with van der Waals surface area (Å²) in [5.74, 6) is -1.57. The minimum absolute atomic E-state index is 0.135. The maximum Gasteiger partial charge on any atom is 0.326 e. The number of rotatable bonds is 4. The minimum Gasteiger partial charge on any atom is -0.480 e. The highest BCUT2D eigenvalue weighted by atomic mass is 19.1. The predicted molar refractivity (Wildman–Crippen MR) is 76.4 cm³/mol. The fraction of sp³-hybridized carbons (Fsp3) is 0.500. The van der Waals surface area contributed by atoms with Crippen molar-refractivity contribution in [2.75, 3.05) is 6.54 Å². The first kappa shape index (κ1) is 15.5. The van der Waals surface area contributed by atoms with Crippen molar-refractivity contribution >= 4 is 11.9 Å². The molecule has 0 aliphatic carbocycles. The van der Waals surface area contributed by atoms with Crippen molar-refractivity contribution in [1.29, 1.82) is 0 Å². The van der Waals surface area contributed by atoms with E-state index in [1.165, 1.54) is 17.0 Å². The first-order valence-electron chi connectivity index (χ1n) is 7.26. The average molecular weight is 293 g/mol. The number of hydrogen-bond acceptors (Lipinski definition) is 2. The maximum atomic E-state index is 13.2. The van der Waals surface area contributed by atoms with E-state index in [0.717, 1.165) is 18.4 Å².